The zero-order valence-corrected chi connectivity index (χ0v) is 12.4. The highest BCUT2D eigenvalue weighted by atomic mass is 16.5. The van der Waals surface area contributed by atoms with Crippen LogP contribution in [-0.2, 0) is 0 Å². The van der Waals surface area contributed by atoms with E-state index in [1.807, 2.05) is 18.2 Å². The summed E-state index contributed by atoms with van der Waals surface area (Å²) in [6.07, 6.45) is 1.20. The molecule has 2 aliphatic heterocycles. The molecule has 0 bridgehead atoms. The van der Waals surface area contributed by atoms with Crippen LogP contribution >= 0.6 is 0 Å². The summed E-state index contributed by atoms with van der Waals surface area (Å²) in [5.41, 5.74) is 0.627. The average Bonchev–Trinajstić information content (AvgIpc) is 2.81. The van der Waals surface area contributed by atoms with Crippen molar-refractivity contribution in [2.45, 2.75) is 44.4 Å². The molecule has 20 heavy (non-hydrogen) atoms. The molecule has 2 heterocycles. The van der Waals surface area contributed by atoms with E-state index >= 15 is 0 Å². The molecule has 3 rings (SSSR count). The van der Waals surface area contributed by atoms with Crippen molar-refractivity contribution < 1.29 is 14.6 Å². The standard InChI is InChI=1S/C16H23NO3/c1-11(2)17-7-6-16(10-17)9-14(18)13-5-4-12(19-3)8-15(13)20-16/h4-5,8,11,14,18H,6-7,9-10H2,1-3H3/t14-,16?/m1/s1. The van der Waals surface area contributed by atoms with Crippen molar-refractivity contribution in [3.63, 3.8) is 0 Å². The number of rotatable bonds is 2. The quantitative estimate of drug-likeness (QED) is 0.901. The first kappa shape index (κ1) is 13.7. The van der Waals surface area contributed by atoms with Crippen molar-refractivity contribution in [2.24, 2.45) is 0 Å². The minimum absolute atomic E-state index is 0.247. The third-order valence-electron chi connectivity index (χ3n) is 4.55. The van der Waals surface area contributed by atoms with Crippen LogP contribution in [0.25, 0.3) is 0 Å². The van der Waals surface area contributed by atoms with E-state index in [1.54, 1.807) is 7.11 Å². The second-order valence-electron chi connectivity index (χ2n) is 6.22. The molecule has 0 saturated carbocycles. The van der Waals surface area contributed by atoms with Gasteiger partial charge in [-0.05, 0) is 26.0 Å². The smallest absolute Gasteiger partial charge is 0.129 e. The predicted octanol–water partition coefficient (Wildman–Crippen LogP) is 2.36. The summed E-state index contributed by atoms with van der Waals surface area (Å²) in [6.45, 7) is 6.33. The predicted molar refractivity (Wildman–Crippen MR) is 77.3 cm³/mol. The van der Waals surface area contributed by atoms with Crippen molar-refractivity contribution in [3.8, 4) is 11.5 Å². The largest absolute Gasteiger partial charge is 0.497 e. The summed E-state index contributed by atoms with van der Waals surface area (Å²) in [7, 11) is 1.65. The fourth-order valence-corrected chi connectivity index (χ4v) is 3.31. The fraction of sp³-hybridized carbons (Fsp3) is 0.625. The lowest BCUT2D eigenvalue weighted by atomic mass is 9.88. The van der Waals surface area contributed by atoms with Crippen LogP contribution in [0.1, 0.15) is 38.4 Å². The maximum Gasteiger partial charge on any atom is 0.129 e. The molecule has 1 aromatic rings. The van der Waals surface area contributed by atoms with Gasteiger partial charge < -0.3 is 14.6 Å². The second kappa shape index (κ2) is 4.93. The molecule has 1 saturated heterocycles. The molecule has 0 amide bonds. The molecule has 1 fully saturated rings. The summed E-state index contributed by atoms with van der Waals surface area (Å²) < 4.78 is 11.5. The Balaban J connectivity index is 1.88. The number of hydrogen-bond donors (Lipinski definition) is 1. The third kappa shape index (κ3) is 2.27. The van der Waals surface area contributed by atoms with Gasteiger partial charge in [-0.25, -0.2) is 0 Å². The van der Waals surface area contributed by atoms with E-state index in [0.717, 1.165) is 36.6 Å². The Morgan fingerprint density at radius 3 is 2.90 bits per heavy atom. The topological polar surface area (TPSA) is 41.9 Å². The molecule has 1 aromatic carbocycles. The molecule has 1 unspecified atom stereocenters. The van der Waals surface area contributed by atoms with Crippen LogP contribution in [-0.4, -0.2) is 41.8 Å². The average molecular weight is 277 g/mol. The molecular weight excluding hydrogens is 254 g/mol. The zero-order valence-electron chi connectivity index (χ0n) is 12.4. The summed E-state index contributed by atoms with van der Waals surface area (Å²) >= 11 is 0. The van der Waals surface area contributed by atoms with Crippen molar-refractivity contribution in [1.82, 2.24) is 4.90 Å². The lowest BCUT2D eigenvalue weighted by molar-refractivity contribution is -0.00904. The molecule has 2 aliphatic rings. The highest BCUT2D eigenvalue weighted by Gasteiger charge is 2.46. The van der Waals surface area contributed by atoms with E-state index in [2.05, 4.69) is 18.7 Å². The van der Waals surface area contributed by atoms with Gasteiger partial charge in [-0.15, -0.1) is 0 Å². The van der Waals surface area contributed by atoms with Crippen LogP contribution in [0.3, 0.4) is 0 Å². The van der Waals surface area contributed by atoms with E-state index in [9.17, 15) is 5.11 Å². The third-order valence-corrected chi connectivity index (χ3v) is 4.55. The lowest BCUT2D eigenvalue weighted by Gasteiger charge is -2.38. The molecule has 1 spiro atoms. The highest BCUT2D eigenvalue weighted by Crippen LogP contribution is 2.45. The number of aliphatic hydroxyl groups is 1. The van der Waals surface area contributed by atoms with Gasteiger partial charge >= 0.3 is 0 Å². The minimum Gasteiger partial charge on any atom is -0.497 e. The maximum absolute atomic E-state index is 10.4. The maximum atomic E-state index is 10.4. The lowest BCUT2D eigenvalue weighted by Crippen LogP contribution is -2.44. The first-order valence-corrected chi connectivity index (χ1v) is 7.32. The summed E-state index contributed by atoms with van der Waals surface area (Å²) in [5.74, 6) is 1.54. The molecule has 0 radical (unpaired) electrons. The molecule has 1 N–H and O–H groups in total. The number of hydrogen-bond acceptors (Lipinski definition) is 4. The number of likely N-dealkylation sites (tertiary alicyclic amines) is 1. The van der Waals surface area contributed by atoms with E-state index in [1.165, 1.54) is 0 Å². The van der Waals surface area contributed by atoms with Gasteiger partial charge in [0.15, 0.2) is 0 Å². The molecule has 0 aromatic heterocycles. The molecule has 4 heteroatoms. The molecular formula is C16H23NO3. The summed E-state index contributed by atoms with van der Waals surface area (Å²) in [6, 6.07) is 6.18. The number of fused-ring (bicyclic) bond motifs is 1. The number of nitrogens with zero attached hydrogens (tertiary/aromatic N) is 1. The van der Waals surface area contributed by atoms with Crippen LogP contribution < -0.4 is 9.47 Å². The minimum atomic E-state index is -0.447. The molecule has 2 atom stereocenters. The van der Waals surface area contributed by atoms with Gasteiger partial charge in [0, 0.05) is 43.6 Å². The second-order valence-corrected chi connectivity index (χ2v) is 6.22. The number of methoxy groups -OCH3 is 1. The van der Waals surface area contributed by atoms with Crippen LogP contribution in [0.5, 0.6) is 11.5 Å². The molecule has 0 aliphatic carbocycles. The van der Waals surface area contributed by atoms with Gasteiger partial charge in [0.05, 0.1) is 13.2 Å². The van der Waals surface area contributed by atoms with Gasteiger partial charge in [0.1, 0.15) is 17.1 Å². The zero-order chi connectivity index (χ0) is 14.3. The van der Waals surface area contributed by atoms with E-state index in [4.69, 9.17) is 9.47 Å². The monoisotopic (exact) mass is 277 g/mol. The normalized spacial score (nSPS) is 29.6. The number of benzene rings is 1. The van der Waals surface area contributed by atoms with E-state index in [-0.39, 0.29) is 5.60 Å². The SMILES string of the molecule is COc1ccc2c(c1)OC1(CCN(C(C)C)C1)C[C@H]2O. The number of aliphatic hydroxyl groups excluding tert-OH is 1. The molecule has 4 nitrogen and oxygen atoms in total. The van der Waals surface area contributed by atoms with Gasteiger partial charge in [-0.1, -0.05) is 0 Å². The Bertz CT molecular complexity index is 502. The van der Waals surface area contributed by atoms with Gasteiger partial charge in [0.25, 0.3) is 0 Å². The van der Waals surface area contributed by atoms with E-state index in [0.29, 0.717) is 12.5 Å². The summed E-state index contributed by atoms with van der Waals surface area (Å²) in [4.78, 5) is 2.41. The summed E-state index contributed by atoms with van der Waals surface area (Å²) in [5, 5.41) is 10.4. The van der Waals surface area contributed by atoms with Crippen LogP contribution in [0.15, 0.2) is 18.2 Å². The Hall–Kier alpha value is -1.26. The Kier molecular flexibility index (Phi) is 3.38. The van der Waals surface area contributed by atoms with Crippen molar-refractivity contribution in [3.05, 3.63) is 23.8 Å². The first-order valence-electron chi connectivity index (χ1n) is 7.32. The van der Waals surface area contributed by atoms with Crippen molar-refractivity contribution in [1.29, 1.82) is 0 Å². The first-order chi connectivity index (χ1) is 9.53. The van der Waals surface area contributed by atoms with Crippen LogP contribution in [0.2, 0.25) is 0 Å². The van der Waals surface area contributed by atoms with Gasteiger partial charge in [-0.3, -0.25) is 4.90 Å². The van der Waals surface area contributed by atoms with E-state index < -0.39 is 6.10 Å². The van der Waals surface area contributed by atoms with Crippen molar-refractivity contribution >= 4 is 0 Å². The molecule has 110 valence electrons. The Morgan fingerprint density at radius 2 is 2.25 bits per heavy atom. The Labute approximate surface area is 120 Å². The van der Waals surface area contributed by atoms with Gasteiger partial charge in [-0.2, -0.15) is 0 Å². The fourth-order valence-electron chi connectivity index (χ4n) is 3.31. The Morgan fingerprint density at radius 1 is 1.45 bits per heavy atom. The number of ether oxygens (including phenoxy) is 2. The highest BCUT2D eigenvalue weighted by molar-refractivity contribution is 5.44. The van der Waals surface area contributed by atoms with Crippen LogP contribution in [0, 0.1) is 0 Å². The van der Waals surface area contributed by atoms with Crippen LogP contribution in [0.4, 0.5) is 0 Å². The van der Waals surface area contributed by atoms with Gasteiger partial charge in [0.2, 0.25) is 0 Å². The van der Waals surface area contributed by atoms with Crippen molar-refractivity contribution in [2.75, 3.05) is 20.2 Å².